The number of hydrogen-bond donors (Lipinski definition) is 5. The van der Waals surface area contributed by atoms with Crippen LogP contribution in [0.15, 0.2) is 36.4 Å². The van der Waals surface area contributed by atoms with Gasteiger partial charge >= 0.3 is 0 Å². The highest BCUT2D eigenvalue weighted by molar-refractivity contribution is 5.97. The minimum absolute atomic E-state index is 0.0113. The van der Waals surface area contributed by atoms with Crippen LogP contribution in [0.1, 0.15) is 65.9 Å². The molecule has 6 N–H and O–H groups in total. The lowest BCUT2D eigenvalue weighted by molar-refractivity contribution is -0.151. The highest BCUT2D eigenvalue weighted by Gasteiger charge is 2.52. The van der Waals surface area contributed by atoms with Gasteiger partial charge in [-0.1, -0.05) is 70.2 Å². The zero-order chi connectivity index (χ0) is 25.9. The number of carbonyl (C=O) groups excluding carboxylic acids is 3. The lowest BCUT2D eigenvalue weighted by Crippen LogP contribution is -2.54. The van der Waals surface area contributed by atoms with Crippen molar-refractivity contribution in [3.63, 3.8) is 0 Å². The maximum atomic E-state index is 13.9. The number of allylic oxidation sites excluding steroid dienone is 1. The van der Waals surface area contributed by atoms with Gasteiger partial charge in [-0.3, -0.25) is 25.0 Å². The topological polar surface area (TPSA) is 142 Å². The van der Waals surface area contributed by atoms with E-state index in [1.807, 2.05) is 58.0 Å². The van der Waals surface area contributed by atoms with Crippen LogP contribution in [-0.2, 0) is 14.4 Å². The van der Waals surface area contributed by atoms with Gasteiger partial charge in [0.1, 0.15) is 5.78 Å². The second-order valence-electron chi connectivity index (χ2n) is 9.89. The zero-order valence-electron chi connectivity index (χ0n) is 21.0. The van der Waals surface area contributed by atoms with E-state index in [9.17, 15) is 24.7 Å². The van der Waals surface area contributed by atoms with Crippen LogP contribution in [0.4, 0.5) is 0 Å². The minimum atomic E-state index is -1.42. The molecule has 0 aromatic heterocycles. The van der Waals surface area contributed by atoms with E-state index in [0.717, 1.165) is 5.56 Å². The van der Waals surface area contributed by atoms with E-state index in [1.54, 1.807) is 24.6 Å². The van der Waals surface area contributed by atoms with Gasteiger partial charge in [-0.2, -0.15) is 0 Å². The van der Waals surface area contributed by atoms with E-state index in [2.05, 4.69) is 5.43 Å². The van der Waals surface area contributed by atoms with Crippen LogP contribution in [0, 0.1) is 29.1 Å². The predicted molar refractivity (Wildman–Crippen MR) is 132 cm³/mol. The van der Waals surface area contributed by atoms with Crippen molar-refractivity contribution in [3.8, 4) is 0 Å². The highest BCUT2D eigenvalue weighted by Crippen LogP contribution is 2.45. The van der Waals surface area contributed by atoms with E-state index in [-0.39, 0.29) is 43.3 Å². The van der Waals surface area contributed by atoms with Gasteiger partial charge in [0.25, 0.3) is 0 Å². The molecule has 4 atom stereocenters. The largest absolute Gasteiger partial charge is 0.393 e. The molecular formula is C26H41N3O5. The Kier molecular flexibility index (Phi) is 12.1. The normalized spacial score (nSPS) is 16.2. The number of nitrogens with one attached hydrogen (secondary N) is 2. The van der Waals surface area contributed by atoms with Crippen molar-refractivity contribution in [2.24, 2.45) is 34.9 Å². The number of amides is 2. The summed E-state index contributed by atoms with van der Waals surface area (Å²) in [6, 6.07) is 9.34. The molecule has 0 bridgehead atoms. The summed E-state index contributed by atoms with van der Waals surface area (Å²) >= 11 is 0. The number of aliphatic hydroxyl groups excluding tert-OH is 1. The van der Waals surface area contributed by atoms with Crippen molar-refractivity contribution in [1.82, 2.24) is 10.9 Å². The fraction of sp³-hybridized carbons (Fsp3) is 0.577. The number of rotatable bonds is 14. The Morgan fingerprint density at radius 3 is 2.12 bits per heavy atom. The smallest absolute Gasteiger partial charge is 0.248 e. The number of aliphatic hydroxyl groups is 1. The molecule has 8 heteroatoms. The summed E-state index contributed by atoms with van der Waals surface area (Å²) in [7, 11) is 0. The van der Waals surface area contributed by atoms with Gasteiger partial charge in [0.15, 0.2) is 0 Å². The molecule has 0 spiro atoms. The Morgan fingerprint density at radius 2 is 1.65 bits per heavy atom. The van der Waals surface area contributed by atoms with Gasteiger partial charge in [0.2, 0.25) is 11.8 Å². The number of Topliss-reactive ketones (excluding diaryl/α,β-unsaturated/α-hetero) is 1. The average Bonchev–Trinajstić information content (AvgIpc) is 2.79. The van der Waals surface area contributed by atoms with Crippen LogP contribution >= 0.6 is 0 Å². The first kappa shape index (κ1) is 29.5. The maximum Gasteiger partial charge on any atom is 0.248 e. The first-order valence-electron chi connectivity index (χ1n) is 11.9. The third-order valence-electron chi connectivity index (χ3n) is 5.98. The van der Waals surface area contributed by atoms with Crippen molar-refractivity contribution in [2.75, 3.05) is 0 Å². The molecule has 0 heterocycles. The fourth-order valence-corrected chi connectivity index (χ4v) is 4.59. The lowest BCUT2D eigenvalue weighted by Gasteiger charge is -2.41. The maximum absolute atomic E-state index is 13.9. The summed E-state index contributed by atoms with van der Waals surface area (Å²) in [5.41, 5.74) is 3.25. The van der Waals surface area contributed by atoms with Gasteiger partial charge in [-0.25, -0.2) is 11.3 Å². The molecule has 0 saturated heterocycles. The third-order valence-corrected chi connectivity index (χ3v) is 5.98. The van der Waals surface area contributed by atoms with E-state index < -0.39 is 35.2 Å². The van der Waals surface area contributed by atoms with Crippen LogP contribution in [0.2, 0.25) is 0 Å². The first-order valence-corrected chi connectivity index (χ1v) is 11.9. The summed E-state index contributed by atoms with van der Waals surface area (Å²) < 4.78 is 0. The van der Waals surface area contributed by atoms with Crippen LogP contribution in [0.3, 0.4) is 0 Å². The molecule has 0 radical (unpaired) electrons. The Labute approximate surface area is 202 Å². The first-order chi connectivity index (χ1) is 16.0. The second kappa shape index (κ2) is 14.0. The number of nitrogens with two attached hydrogens (primary N) is 1. The number of hydrogen-bond acceptors (Lipinski definition) is 6. The molecule has 1 aromatic rings. The van der Waals surface area contributed by atoms with Gasteiger partial charge in [0, 0.05) is 6.42 Å². The standard InChI is InChI=1S/C26H41N3O5/c1-17(2)15-21(24(32)28-27)23(25(33)29-34)26(16-18(3)4,22(31)12-11-19(5)30)14-13-20-9-7-6-8-10-20/h6-10,13-14,17-19,21,23,30,34H,11-12,15-16,27H2,1-5H3,(H,28,32)(H,29,33)/b14-13+/t19?,21-,23-,26?/m1/s1. The molecule has 1 rings (SSSR count). The Hall–Kier alpha value is -2.55. The zero-order valence-corrected chi connectivity index (χ0v) is 21.0. The second-order valence-corrected chi connectivity index (χ2v) is 9.89. The summed E-state index contributed by atoms with van der Waals surface area (Å²) in [6.45, 7) is 9.27. The number of hydroxylamine groups is 1. The lowest BCUT2D eigenvalue weighted by atomic mass is 9.60. The van der Waals surface area contributed by atoms with Crippen molar-refractivity contribution in [2.45, 2.75) is 66.4 Å². The molecule has 2 unspecified atom stereocenters. The molecule has 190 valence electrons. The van der Waals surface area contributed by atoms with Crippen molar-refractivity contribution >= 4 is 23.7 Å². The number of ketones is 1. The predicted octanol–water partition coefficient (Wildman–Crippen LogP) is 3.24. The van der Waals surface area contributed by atoms with Gasteiger partial charge < -0.3 is 5.11 Å². The average molecular weight is 476 g/mol. The van der Waals surface area contributed by atoms with Gasteiger partial charge in [-0.05, 0) is 43.6 Å². The van der Waals surface area contributed by atoms with E-state index in [1.165, 1.54) is 0 Å². The third kappa shape index (κ3) is 8.34. The van der Waals surface area contributed by atoms with Gasteiger partial charge in [-0.15, -0.1) is 0 Å². The van der Waals surface area contributed by atoms with E-state index in [0.29, 0.717) is 0 Å². The molecule has 0 aliphatic rings. The highest BCUT2D eigenvalue weighted by atomic mass is 16.5. The SMILES string of the molecule is CC(C)C[C@@H](C(=O)NN)[C@H](C(=O)NO)C(/C=C/c1ccccc1)(CC(C)C)C(=O)CCC(C)O. The number of benzene rings is 1. The Balaban J connectivity index is 3.85. The fourth-order valence-electron chi connectivity index (χ4n) is 4.59. The monoisotopic (exact) mass is 475 g/mol. The number of carbonyl (C=O) groups is 3. The Bertz CT molecular complexity index is 823. The molecule has 2 amide bonds. The van der Waals surface area contributed by atoms with Crippen LogP contribution in [0.25, 0.3) is 6.08 Å². The van der Waals surface area contributed by atoms with Crippen LogP contribution < -0.4 is 16.7 Å². The Morgan fingerprint density at radius 1 is 1.03 bits per heavy atom. The van der Waals surface area contributed by atoms with Crippen molar-refractivity contribution < 1.29 is 24.7 Å². The molecule has 34 heavy (non-hydrogen) atoms. The quantitative estimate of drug-likeness (QED) is 0.121. The molecule has 0 fully saturated rings. The molecule has 0 saturated carbocycles. The summed E-state index contributed by atoms with van der Waals surface area (Å²) in [4.78, 5) is 40.1. The molecule has 1 aromatic carbocycles. The van der Waals surface area contributed by atoms with E-state index in [4.69, 9.17) is 5.84 Å². The number of hydrazine groups is 1. The van der Waals surface area contributed by atoms with Crippen LogP contribution in [0.5, 0.6) is 0 Å². The molecular weight excluding hydrogens is 434 g/mol. The van der Waals surface area contributed by atoms with E-state index >= 15 is 0 Å². The molecule has 8 nitrogen and oxygen atoms in total. The molecule has 0 aliphatic carbocycles. The van der Waals surface area contributed by atoms with Crippen molar-refractivity contribution in [1.29, 1.82) is 0 Å². The summed E-state index contributed by atoms with van der Waals surface area (Å²) in [6.07, 6.45) is 3.53. The van der Waals surface area contributed by atoms with Crippen LogP contribution in [-0.4, -0.2) is 34.0 Å². The van der Waals surface area contributed by atoms with Crippen molar-refractivity contribution in [3.05, 3.63) is 42.0 Å². The molecule has 0 aliphatic heterocycles. The summed E-state index contributed by atoms with van der Waals surface area (Å²) in [5, 5.41) is 19.5. The minimum Gasteiger partial charge on any atom is -0.393 e. The van der Waals surface area contributed by atoms with Gasteiger partial charge in [0.05, 0.1) is 23.4 Å². The summed E-state index contributed by atoms with van der Waals surface area (Å²) in [5.74, 6) is 1.62.